The second kappa shape index (κ2) is 5.70. The summed E-state index contributed by atoms with van der Waals surface area (Å²) in [5.41, 5.74) is 2.00. The van der Waals surface area contributed by atoms with Crippen molar-refractivity contribution in [2.75, 3.05) is 7.11 Å². The van der Waals surface area contributed by atoms with Crippen molar-refractivity contribution in [2.45, 2.75) is 13.2 Å². The first-order valence-electron chi connectivity index (χ1n) is 4.08. The van der Waals surface area contributed by atoms with Crippen molar-refractivity contribution in [1.82, 2.24) is 0 Å². The molecule has 14 heavy (non-hydrogen) atoms. The fourth-order valence-corrected chi connectivity index (χ4v) is 1.72. The number of ether oxygens (including phenoxy) is 1. The number of nitrogens with zero attached hydrogens (tertiary/aromatic N) is 1. The van der Waals surface area contributed by atoms with Crippen LogP contribution in [0.5, 0.6) is 0 Å². The first kappa shape index (κ1) is 11.1. The van der Waals surface area contributed by atoms with Crippen molar-refractivity contribution in [1.29, 1.82) is 0 Å². The number of carbonyl (C=O) groups excluding carboxylic acids is 1. The van der Waals surface area contributed by atoms with Gasteiger partial charge in [-0.15, -0.1) is 0 Å². The van der Waals surface area contributed by atoms with Crippen LogP contribution >= 0.6 is 15.9 Å². The summed E-state index contributed by atoms with van der Waals surface area (Å²) in [6.45, 7) is 0.854. The molecule has 0 saturated heterocycles. The van der Waals surface area contributed by atoms with Crippen molar-refractivity contribution < 1.29 is 9.53 Å². The van der Waals surface area contributed by atoms with Gasteiger partial charge in [0.2, 0.25) is 6.08 Å². The first-order chi connectivity index (χ1) is 6.79. The topological polar surface area (TPSA) is 38.7 Å². The maximum Gasteiger partial charge on any atom is 0.235 e. The Hall–Kier alpha value is -0.960. The van der Waals surface area contributed by atoms with E-state index in [1.807, 2.05) is 18.2 Å². The largest absolute Gasteiger partial charge is 0.380 e. The third-order valence-electron chi connectivity index (χ3n) is 1.82. The molecular weight excluding hydrogens is 246 g/mol. The monoisotopic (exact) mass is 255 g/mol. The zero-order chi connectivity index (χ0) is 10.4. The van der Waals surface area contributed by atoms with E-state index in [4.69, 9.17) is 4.74 Å². The molecule has 0 atom stereocenters. The minimum Gasteiger partial charge on any atom is -0.380 e. The Labute approximate surface area is 90.9 Å². The average molecular weight is 256 g/mol. The van der Waals surface area contributed by atoms with Gasteiger partial charge in [0.1, 0.15) is 0 Å². The van der Waals surface area contributed by atoms with Crippen LogP contribution in [-0.2, 0) is 22.7 Å². The van der Waals surface area contributed by atoms with Gasteiger partial charge in [0.25, 0.3) is 0 Å². The molecule has 0 aliphatic heterocycles. The van der Waals surface area contributed by atoms with Crippen LogP contribution in [0, 0.1) is 0 Å². The van der Waals surface area contributed by atoms with Gasteiger partial charge in [-0.05, 0) is 17.2 Å². The Kier molecular flexibility index (Phi) is 4.53. The number of aliphatic imine (C=N–C) groups is 1. The summed E-state index contributed by atoms with van der Waals surface area (Å²) in [6.07, 6.45) is 1.53. The van der Waals surface area contributed by atoms with Crippen LogP contribution < -0.4 is 0 Å². The van der Waals surface area contributed by atoms with E-state index in [1.54, 1.807) is 7.11 Å². The van der Waals surface area contributed by atoms with Crippen LogP contribution in [0.3, 0.4) is 0 Å². The van der Waals surface area contributed by atoms with Crippen molar-refractivity contribution >= 4 is 22.0 Å². The van der Waals surface area contributed by atoms with E-state index in [0.717, 1.165) is 15.6 Å². The predicted molar refractivity (Wildman–Crippen MR) is 56.7 cm³/mol. The van der Waals surface area contributed by atoms with Gasteiger partial charge in [0.05, 0.1) is 13.2 Å². The van der Waals surface area contributed by atoms with Crippen LogP contribution in [0.15, 0.2) is 27.7 Å². The summed E-state index contributed by atoms with van der Waals surface area (Å²) in [5, 5.41) is 0. The Bertz CT molecular complexity index is 359. The molecule has 0 aliphatic rings. The SMILES string of the molecule is COCc1cccc(Br)c1CN=C=O. The predicted octanol–water partition coefficient (Wildman–Crippen LogP) is 2.43. The van der Waals surface area contributed by atoms with E-state index in [0.29, 0.717) is 13.2 Å². The molecule has 4 heteroatoms. The van der Waals surface area contributed by atoms with Crippen LogP contribution in [-0.4, -0.2) is 13.2 Å². The van der Waals surface area contributed by atoms with E-state index < -0.39 is 0 Å². The van der Waals surface area contributed by atoms with Crippen molar-refractivity contribution in [2.24, 2.45) is 4.99 Å². The highest BCUT2D eigenvalue weighted by Crippen LogP contribution is 2.22. The average Bonchev–Trinajstić information content (AvgIpc) is 2.18. The second-order valence-electron chi connectivity index (χ2n) is 2.72. The fourth-order valence-electron chi connectivity index (χ4n) is 1.18. The van der Waals surface area contributed by atoms with Crippen LogP contribution in [0.1, 0.15) is 11.1 Å². The molecule has 1 aromatic carbocycles. The lowest BCUT2D eigenvalue weighted by Gasteiger charge is -2.07. The standard InChI is InChI=1S/C10H10BrNO2/c1-14-6-8-3-2-4-10(11)9(8)5-12-7-13/h2-4H,5-6H2,1H3. The molecule has 0 N–H and O–H groups in total. The molecule has 0 spiro atoms. The number of benzene rings is 1. The molecule has 0 amide bonds. The molecule has 74 valence electrons. The van der Waals surface area contributed by atoms with Gasteiger partial charge >= 0.3 is 0 Å². The summed E-state index contributed by atoms with van der Waals surface area (Å²) in [4.78, 5) is 13.6. The molecule has 0 bridgehead atoms. The molecule has 0 saturated carbocycles. The molecule has 0 fully saturated rings. The molecule has 0 aliphatic carbocycles. The Morgan fingerprint density at radius 2 is 2.36 bits per heavy atom. The van der Waals surface area contributed by atoms with E-state index in [2.05, 4.69) is 20.9 Å². The number of hydrogen-bond donors (Lipinski definition) is 0. The number of halogens is 1. The minimum absolute atomic E-state index is 0.337. The van der Waals surface area contributed by atoms with Gasteiger partial charge in [0, 0.05) is 11.6 Å². The van der Waals surface area contributed by atoms with E-state index in [1.165, 1.54) is 6.08 Å². The Morgan fingerprint density at radius 1 is 1.57 bits per heavy atom. The summed E-state index contributed by atoms with van der Waals surface area (Å²) < 4.78 is 5.98. The maximum absolute atomic E-state index is 10.0. The van der Waals surface area contributed by atoms with Crippen molar-refractivity contribution in [3.8, 4) is 0 Å². The molecule has 1 rings (SSSR count). The van der Waals surface area contributed by atoms with Gasteiger partial charge in [-0.1, -0.05) is 28.1 Å². The van der Waals surface area contributed by atoms with Crippen LogP contribution in [0.4, 0.5) is 0 Å². The van der Waals surface area contributed by atoms with E-state index in [9.17, 15) is 4.79 Å². The normalized spacial score (nSPS) is 9.57. The van der Waals surface area contributed by atoms with Gasteiger partial charge in [-0.25, -0.2) is 9.79 Å². The van der Waals surface area contributed by atoms with Crippen LogP contribution in [0.2, 0.25) is 0 Å². The first-order valence-corrected chi connectivity index (χ1v) is 4.87. The molecule has 1 aromatic rings. The maximum atomic E-state index is 10.0. The minimum atomic E-state index is 0.337. The Morgan fingerprint density at radius 3 is 3.00 bits per heavy atom. The summed E-state index contributed by atoms with van der Waals surface area (Å²) in [6, 6.07) is 5.78. The number of hydrogen-bond acceptors (Lipinski definition) is 3. The second-order valence-corrected chi connectivity index (χ2v) is 3.57. The zero-order valence-electron chi connectivity index (χ0n) is 7.79. The molecule has 0 radical (unpaired) electrons. The highest BCUT2D eigenvalue weighted by molar-refractivity contribution is 9.10. The number of isocyanates is 1. The Balaban J connectivity index is 3.01. The highest BCUT2D eigenvalue weighted by atomic mass is 79.9. The lowest BCUT2D eigenvalue weighted by Crippen LogP contribution is -1.95. The summed E-state index contributed by atoms with van der Waals surface area (Å²) >= 11 is 3.40. The smallest absolute Gasteiger partial charge is 0.235 e. The molecular formula is C10H10BrNO2. The molecule has 0 heterocycles. The lowest BCUT2D eigenvalue weighted by atomic mass is 10.1. The van der Waals surface area contributed by atoms with E-state index >= 15 is 0 Å². The van der Waals surface area contributed by atoms with Gasteiger partial charge < -0.3 is 4.74 Å². The third-order valence-corrected chi connectivity index (χ3v) is 2.56. The highest BCUT2D eigenvalue weighted by Gasteiger charge is 2.05. The van der Waals surface area contributed by atoms with E-state index in [-0.39, 0.29) is 0 Å². The summed E-state index contributed by atoms with van der Waals surface area (Å²) in [7, 11) is 1.63. The third kappa shape index (κ3) is 2.77. The fraction of sp³-hybridized carbons (Fsp3) is 0.300. The molecule has 3 nitrogen and oxygen atoms in total. The van der Waals surface area contributed by atoms with Gasteiger partial charge in [-0.2, -0.15) is 0 Å². The molecule has 0 aromatic heterocycles. The quantitative estimate of drug-likeness (QED) is 0.613. The number of rotatable bonds is 4. The van der Waals surface area contributed by atoms with Gasteiger partial charge in [0.15, 0.2) is 0 Å². The number of methoxy groups -OCH3 is 1. The molecule has 0 unspecified atom stereocenters. The van der Waals surface area contributed by atoms with Gasteiger partial charge in [-0.3, -0.25) is 0 Å². The zero-order valence-corrected chi connectivity index (χ0v) is 9.37. The van der Waals surface area contributed by atoms with Crippen molar-refractivity contribution in [3.05, 3.63) is 33.8 Å². The lowest BCUT2D eigenvalue weighted by molar-refractivity contribution is 0.184. The van der Waals surface area contributed by atoms with Crippen LogP contribution in [0.25, 0.3) is 0 Å². The summed E-state index contributed by atoms with van der Waals surface area (Å²) in [5.74, 6) is 0. The van der Waals surface area contributed by atoms with Crippen molar-refractivity contribution in [3.63, 3.8) is 0 Å².